The summed E-state index contributed by atoms with van der Waals surface area (Å²) in [7, 11) is 0. The number of benzene rings is 1. The molecule has 2 rings (SSSR count). The summed E-state index contributed by atoms with van der Waals surface area (Å²) < 4.78 is 42.8. The van der Waals surface area contributed by atoms with E-state index in [2.05, 4.69) is 0 Å². The van der Waals surface area contributed by atoms with Crippen LogP contribution in [0.4, 0.5) is 13.2 Å². The quantitative estimate of drug-likeness (QED) is 0.731. The Morgan fingerprint density at radius 3 is 2.37 bits per heavy atom. The van der Waals surface area contributed by atoms with Gasteiger partial charge in [0.2, 0.25) is 0 Å². The van der Waals surface area contributed by atoms with Gasteiger partial charge in [-0.1, -0.05) is 11.6 Å². The molecule has 0 radical (unpaired) electrons. The number of carbonyl (C=O) groups is 1. The third-order valence-corrected chi connectivity index (χ3v) is 2.87. The number of carbonyl (C=O) groups excluding carboxylic acids is 1. The Kier molecular flexibility index (Phi) is 3.60. The summed E-state index contributed by atoms with van der Waals surface area (Å²) in [5, 5.41) is -0.759. The van der Waals surface area contributed by atoms with Crippen molar-refractivity contribution in [2.24, 2.45) is 0 Å². The van der Waals surface area contributed by atoms with Gasteiger partial charge < -0.3 is 4.42 Å². The molecule has 0 saturated carbocycles. The van der Waals surface area contributed by atoms with Crippen LogP contribution >= 0.6 is 23.2 Å². The monoisotopic (exact) mass is 308 g/mol. The van der Waals surface area contributed by atoms with Crippen molar-refractivity contribution in [3.8, 4) is 11.3 Å². The van der Waals surface area contributed by atoms with Gasteiger partial charge in [0.1, 0.15) is 5.76 Å². The topological polar surface area (TPSA) is 30.2 Å². The lowest BCUT2D eigenvalue weighted by molar-refractivity contribution is -0.137. The van der Waals surface area contributed by atoms with Crippen LogP contribution in [-0.2, 0) is 6.18 Å². The van der Waals surface area contributed by atoms with Gasteiger partial charge in [0.05, 0.1) is 10.6 Å². The third kappa shape index (κ3) is 2.93. The molecule has 0 unspecified atom stereocenters. The number of hydrogen-bond donors (Lipinski definition) is 0. The van der Waals surface area contributed by atoms with Gasteiger partial charge in [-0.3, -0.25) is 4.79 Å². The van der Waals surface area contributed by atoms with E-state index in [1.54, 1.807) is 0 Å². The minimum atomic E-state index is -4.49. The van der Waals surface area contributed by atoms with E-state index in [1.165, 1.54) is 12.1 Å². The molecule has 0 spiro atoms. The summed E-state index contributed by atoms with van der Waals surface area (Å²) in [6, 6.07) is 5.43. The van der Waals surface area contributed by atoms with Gasteiger partial charge in [-0.2, -0.15) is 13.2 Å². The summed E-state index contributed by atoms with van der Waals surface area (Å²) in [4.78, 5) is 10.9. The minimum Gasteiger partial charge on any atom is -0.452 e. The molecule has 0 saturated heterocycles. The van der Waals surface area contributed by atoms with Crippen molar-refractivity contribution in [2.75, 3.05) is 0 Å². The van der Waals surface area contributed by atoms with E-state index in [1.807, 2.05) is 0 Å². The van der Waals surface area contributed by atoms with Gasteiger partial charge in [-0.05, 0) is 41.9 Å². The van der Waals surface area contributed by atoms with E-state index in [0.717, 1.165) is 18.2 Å². The number of alkyl halides is 3. The molecular weight excluding hydrogens is 304 g/mol. The third-order valence-electron chi connectivity index (χ3n) is 2.36. The molecule has 0 bridgehead atoms. The maximum atomic E-state index is 12.6. The highest BCUT2D eigenvalue weighted by Gasteiger charge is 2.31. The molecular formula is C12H5Cl2F3O2. The molecule has 1 aromatic heterocycles. The Hall–Kier alpha value is -1.46. The first-order chi connectivity index (χ1) is 8.79. The van der Waals surface area contributed by atoms with Crippen LogP contribution in [0.25, 0.3) is 11.3 Å². The fourth-order valence-electron chi connectivity index (χ4n) is 1.48. The second-order valence-electron chi connectivity index (χ2n) is 3.63. The van der Waals surface area contributed by atoms with Crippen LogP contribution in [0.15, 0.2) is 34.7 Å². The maximum absolute atomic E-state index is 12.6. The smallest absolute Gasteiger partial charge is 0.416 e. The number of rotatable bonds is 2. The van der Waals surface area contributed by atoms with Crippen molar-refractivity contribution >= 4 is 28.4 Å². The highest BCUT2D eigenvalue weighted by Crippen LogP contribution is 2.36. The van der Waals surface area contributed by atoms with Gasteiger partial charge >= 0.3 is 6.18 Å². The van der Waals surface area contributed by atoms with Crippen molar-refractivity contribution < 1.29 is 22.4 Å². The summed E-state index contributed by atoms with van der Waals surface area (Å²) in [6.07, 6.45) is -4.49. The largest absolute Gasteiger partial charge is 0.452 e. The Balaban J connectivity index is 2.51. The highest BCUT2D eigenvalue weighted by atomic mass is 35.5. The normalized spacial score (nSPS) is 11.6. The van der Waals surface area contributed by atoms with E-state index in [9.17, 15) is 18.0 Å². The van der Waals surface area contributed by atoms with Crippen molar-refractivity contribution in [1.82, 2.24) is 0 Å². The van der Waals surface area contributed by atoms with Crippen LogP contribution in [0.3, 0.4) is 0 Å². The van der Waals surface area contributed by atoms with Crippen LogP contribution in [0.5, 0.6) is 0 Å². The lowest BCUT2D eigenvalue weighted by Gasteiger charge is -2.08. The average molecular weight is 309 g/mol. The average Bonchev–Trinajstić information content (AvgIpc) is 2.77. The van der Waals surface area contributed by atoms with E-state index in [-0.39, 0.29) is 22.1 Å². The van der Waals surface area contributed by atoms with E-state index >= 15 is 0 Å². The zero-order chi connectivity index (χ0) is 14.2. The van der Waals surface area contributed by atoms with Crippen molar-refractivity contribution in [2.45, 2.75) is 6.18 Å². The van der Waals surface area contributed by atoms with Crippen LogP contribution in [-0.4, -0.2) is 5.24 Å². The molecule has 0 N–H and O–H groups in total. The molecule has 0 amide bonds. The molecule has 7 heteroatoms. The summed E-state index contributed by atoms with van der Waals surface area (Å²) in [5.74, 6) is -0.120. The molecule has 19 heavy (non-hydrogen) atoms. The molecule has 1 aromatic carbocycles. The summed E-state index contributed by atoms with van der Waals surface area (Å²) in [6.45, 7) is 0. The van der Waals surface area contributed by atoms with Crippen LogP contribution in [0, 0.1) is 0 Å². The first-order valence-corrected chi connectivity index (χ1v) is 5.71. The summed E-state index contributed by atoms with van der Waals surface area (Å²) in [5.41, 5.74) is -0.817. The second-order valence-corrected chi connectivity index (χ2v) is 4.38. The predicted octanol–water partition coefficient (Wildman–Crippen LogP) is 5.00. The molecule has 0 atom stereocenters. The predicted molar refractivity (Wildman–Crippen MR) is 64.3 cm³/mol. The van der Waals surface area contributed by atoms with Gasteiger partial charge in [0.25, 0.3) is 5.24 Å². The van der Waals surface area contributed by atoms with Crippen LogP contribution < -0.4 is 0 Å². The molecule has 0 aliphatic heterocycles. The zero-order valence-electron chi connectivity index (χ0n) is 9.09. The molecule has 0 aliphatic carbocycles. The Morgan fingerprint density at radius 2 is 1.84 bits per heavy atom. The molecule has 100 valence electrons. The Labute approximate surface area is 115 Å². The molecule has 0 aliphatic rings. The van der Waals surface area contributed by atoms with Crippen molar-refractivity contribution in [3.63, 3.8) is 0 Å². The maximum Gasteiger partial charge on any atom is 0.416 e. The molecule has 1 heterocycles. The molecule has 2 nitrogen and oxygen atoms in total. The fourth-order valence-corrected chi connectivity index (χ4v) is 1.79. The molecule has 2 aromatic rings. The lowest BCUT2D eigenvalue weighted by atomic mass is 10.1. The number of furan rings is 1. The summed E-state index contributed by atoms with van der Waals surface area (Å²) >= 11 is 11.0. The first-order valence-electron chi connectivity index (χ1n) is 4.96. The van der Waals surface area contributed by atoms with Crippen LogP contribution in [0.2, 0.25) is 5.02 Å². The van der Waals surface area contributed by atoms with E-state index < -0.39 is 17.0 Å². The molecule has 0 fully saturated rings. The van der Waals surface area contributed by atoms with Gasteiger partial charge in [0, 0.05) is 5.56 Å². The number of halogens is 5. The van der Waals surface area contributed by atoms with Gasteiger partial charge in [-0.15, -0.1) is 0 Å². The fraction of sp³-hybridized carbons (Fsp3) is 0.0833. The minimum absolute atomic E-state index is 0.0418. The lowest BCUT2D eigenvalue weighted by Crippen LogP contribution is -2.04. The van der Waals surface area contributed by atoms with Crippen molar-refractivity contribution in [3.05, 3.63) is 46.7 Å². The van der Waals surface area contributed by atoms with Gasteiger partial charge in [-0.25, -0.2) is 0 Å². The standard InChI is InChI=1S/C12H5Cl2F3O2/c13-8-2-1-6(12(15,16)17)5-7(8)9-3-4-10(19-9)11(14)18/h1-5H. The van der Waals surface area contributed by atoms with Crippen LogP contribution in [0.1, 0.15) is 16.1 Å². The van der Waals surface area contributed by atoms with E-state index in [0.29, 0.717) is 0 Å². The Bertz CT molecular complexity index is 632. The Morgan fingerprint density at radius 1 is 1.16 bits per heavy atom. The van der Waals surface area contributed by atoms with Crippen molar-refractivity contribution in [1.29, 1.82) is 0 Å². The zero-order valence-corrected chi connectivity index (χ0v) is 10.6. The second kappa shape index (κ2) is 4.90. The highest BCUT2D eigenvalue weighted by molar-refractivity contribution is 6.67. The van der Waals surface area contributed by atoms with E-state index in [4.69, 9.17) is 27.6 Å². The number of hydrogen-bond acceptors (Lipinski definition) is 2. The van der Waals surface area contributed by atoms with Gasteiger partial charge in [0.15, 0.2) is 5.76 Å². The SMILES string of the molecule is O=C(Cl)c1ccc(-c2cc(C(F)(F)F)ccc2Cl)o1. The first kappa shape index (κ1) is 14.0.